The summed E-state index contributed by atoms with van der Waals surface area (Å²) in [4.78, 5) is 23.3. The van der Waals surface area contributed by atoms with Gasteiger partial charge in [0.25, 0.3) is 11.5 Å². The number of carbonyl (C=O) groups excluding carboxylic acids is 1. The monoisotopic (exact) mass is 267 g/mol. The summed E-state index contributed by atoms with van der Waals surface area (Å²) >= 11 is 0. The van der Waals surface area contributed by atoms with Gasteiger partial charge in [0.1, 0.15) is 0 Å². The van der Waals surface area contributed by atoms with E-state index in [2.05, 4.69) is 5.32 Å². The number of hydrogen-bond donors (Lipinski definition) is 1. The molecule has 0 spiro atoms. The lowest BCUT2D eigenvalue weighted by atomic mass is 10.1. The quantitative estimate of drug-likeness (QED) is 0.905. The van der Waals surface area contributed by atoms with Gasteiger partial charge in [0.15, 0.2) is 0 Å². The Morgan fingerprint density at radius 3 is 2.55 bits per heavy atom. The fraction of sp³-hybridized carbons (Fsp3) is 0.133. The summed E-state index contributed by atoms with van der Waals surface area (Å²) in [6.07, 6.45) is 1.53. The van der Waals surface area contributed by atoms with Gasteiger partial charge in [-0.25, -0.2) is 0 Å². The number of nitrogens with one attached hydrogen (secondary N) is 1. The zero-order valence-corrected chi connectivity index (χ0v) is 11.0. The van der Waals surface area contributed by atoms with Gasteiger partial charge in [-0.2, -0.15) is 5.26 Å². The SMILES string of the molecule is CNC(=O)c1ccc(=O)n(Cc2ccc(C#N)cc2)c1. The number of nitrogens with zero attached hydrogens (tertiary/aromatic N) is 2. The maximum atomic E-state index is 11.8. The van der Waals surface area contributed by atoms with Gasteiger partial charge in [-0.1, -0.05) is 12.1 Å². The van der Waals surface area contributed by atoms with Gasteiger partial charge in [-0.05, 0) is 23.8 Å². The summed E-state index contributed by atoms with van der Waals surface area (Å²) < 4.78 is 1.46. The summed E-state index contributed by atoms with van der Waals surface area (Å²) in [7, 11) is 1.54. The first-order valence-electron chi connectivity index (χ1n) is 6.05. The molecular weight excluding hydrogens is 254 g/mol. The number of benzene rings is 1. The molecule has 1 aromatic carbocycles. The number of hydrogen-bond acceptors (Lipinski definition) is 3. The zero-order valence-electron chi connectivity index (χ0n) is 11.0. The Hall–Kier alpha value is -2.87. The van der Waals surface area contributed by atoms with Crippen LogP contribution in [0.1, 0.15) is 21.5 Å². The molecule has 1 N–H and O–H groups in total. The lowest BCUT2D eigenvalue weighted by Crippen LogP contribution is -2.24. The second-order valence-electron chi connectivity index (χ2n) is 4.27. The first kappa shape index (κ1) is 13.6. The van der Waals surface area contributed by atoms with Gasteiger partial charge in [-0.3, -0.25) is 9.59 Å². The maximum Gasteiger partial charge on any atom is 0.252 e. The Labute approximate surface area is 116 Å². The van der Waals surface area contributed by atoms with E-state index in [1.807, 2.05) is 6.07 Å². The van der Waals surface area contributed by atoms with Crippen molar-refractivity contribution in [1.29, 1.82) is 5.26 Å². The number of pyridine rings is 1. The third-order valence-electron chi connectivity index (χ3n) is 2.91. The van der Waals surface area contributed by atoms with Crippen LogP contribution >= 0.6 is 0 Å². The van der Waals surface area contributed by atoms with Gasteiger partial charge < -0.3 is 9.88 Å². The average Bonchev–Trinajstić information content (AvgIpc) is 2.49. The Morgan fingerprint density at radius 2 is 1.95 bits per heavy atom. The number of aromatic nitrogens is 1. The number of amides is 1. The molecule has 0 atom stereocenters. The molecule has 5 nitrogen and oxygen atoms in total. The van der Waals surface area contributed by atoms with E-state index < -0.39 is 0 Å². The third kappa shape index (κ3) is 2.93. The molecule has 0 aliphatic rings. The molecule has 1 heterocycles. The second kappa shape index (κ2) is 5.85. The highest BCUT2D eigenvalue weighted by molar-refractivity contribution is 5.93. The van der Waals surface area contributed by atoms with Crippen molar-refractivity contribution in [3.63, 3.8) is 0 Å². The summed E-state index contributed by atoms with van der Waals surface area (Å²) in [6.45, 7) is 0.357. The molecule has 20 heavy (non-hydrogen) atoms. The summed E-state index contributed by atoms with van der Waals surface area (Å²) in [5.74, 6) is -0.237. The minimum absolute atomic E-state index is 0.179. The topological polar surface area (TPSA) is 74.9 Å². The smallest absolute Gasteiger partial charge is 0.252 e. The van der Waals surface area contributed by atoms with Crippen LogP contribution in [0.5, 0.6) is 0 Å². The molecule has 0 aliphatic heterocycles. The molecule has 0 fully saturated rings. The molecule has 0 bridgehead atoms. The molecule has 2 rings (SSSR count). The summed E-state index contributed by atoms with van der Waals surface area (Å²) in [5, 5.41) is 11.3. The molecule has 1 amide bonds. The third-order valence-corrected chi connectivity index (χ3v) is 2.91. The van der Waals surface area contributed by atoms with Crippen molar-refractivity contribution in [2.75, 3.05) is 7.05 Å². The van der Waals surface area contributed by atoms with Gasteiger partial charge in [0, 0.05) is 19.3 Å². The molecule has 2 aromatic rings. The molecule has 0 unspecified atom stereocenters. The first-order chi connectivity index (χ1) is 9.63. The second-order valence-corrected chi connectivity index (χ2v) is 4.27. The molecule has 0 radical (unpaired) electrons. The van der Waals surface area contributed by atoms with Gasteiger partial charge in [-0.15, -0.1) is 0 Å². The fourth-order valence-electron chi connectivity index (χ4n) is 1.81. The van der Waals surface area contributed by atoms with Crippen LogP contribution in [-0.2, 0) is 6.54 Å². The molecule has 5 heteroatoms. The van der Waals surface area contributed by atoms with E-state index in [1.54, 1.807) is 31.3 Å². The lowest BCUT2D eigenvalue weighted by molar-refractivity contribution is 0.0962. The van der Waals surface area contributed by atoms with Crippen LogP contribution in [-0.4, -0.2) is 17.5 Å². The fourth-order valence-corrected chi connectivity index (χ4v) is 1.81. The van der Waals surface area contributed by atoms with Crippen molar-refractivity contribution in [3.05, 3.63) is 69.6 Å². The molecule has 100 valence electrons. The van der Waals surface area contributed by atoms with Crippen LogP contribution in [0.3, 0.4) is 0 Å². The van der Waals surface area contributed by atoms with Crippen molar-refractivity contribution in [2.24, 2.45) is 0 Å². The van der Waals surface area contributed by atoms with Crippen LogP contribution in [0.4, 0.5) is 0 Å². The normalized spacial score (nSPS) is 9.80. The van der Waals surface area contributed by atoms with Crippen LogP contribution < -0.4 is 10.9 Å². The molecule has 1 aromatic heterocycles. The van der Waals surface area contributed by atoms with Gasteiger partial charge in [0.05, 0.1) is 23.7 Å². The van der Waals surface area contributed by atoms with Crippen LogP contribution in [0.25, 0.3) is 0 Å². The molecule has 0 saturated heterocycles. The minimum atomic E-state index is -0.237. The van der Waals surface area contributed by atoms with E-state index in [0.29, 0.717) is 17.7 Å². The number of rotatable bonds is 3. The van der Waals surface area contributed by atoms with E-state index >= 15 is 0 Å². The maximum absolute atomic E-state index is 11.8. The summed E-state index contributed by atoms with van der Waals surface area (Å²) in [6, 6.07) is 11.9. The Morgan fingerprint density at radius 1 is 1.25 bits per heavy atom. The largest absolute Gasteiger partial charge is 0.355 e. The predicted octanol–water partition coefficient (Wildman–Crippen LogP) is 1.13. The van der Waals surface area contributed by atoms with E-state index in [1.165, 1.54) is 22.9 Å². The van der Waals surface area contributed by atoms with Crippen molar-refractivity contribution < 1.29 is 4.79 Å². The van der Waals surface area contributed by atoms with Crippen molar-refractivity contribution in [1.82, 2.24) is 9.88 Å². The zero-order chi connectivity index (χ0) is 14.5. The van der Waals surface area contributed by atoms with E-state index in [-0.39, 0.29) is 11.5 Å². The molecule has 0 saturated carbocycles. The Balaban J connectivity index is 2.30. The molecule has 0 aliphatic carbocycles. The highest BCUT2D eigenvalue weighted by atomic mass is 16.1. The Bertz CT molecular complexity index is 724. The Kier molecular flexibility index (Phi) is 3.96. The van der Waals surface area contributed by atoms with Gasteiger partial charge >= 0.3 is 0 Å². The van der Waals surface area contributed by atoms with Crippen LogP contribution in [0.2, 0.25) is 0 Å². The standard InChI is InChI=1S/C15H13N3O2/c1-17-15(20)13-6-7-14(19)18(10-13)9-12-4-2-11(8-16)3-5-12/h2-7,10H,9H2,1H3,(H,17,20). The van der Waals surface area contributed by atoms with Crippen molar-refractivity contribution >= 4 is 5.91 Å². The lowest BCUT2D eigenvalue weighted by Gasteiger charge is -2.08. The van der Waals surface area contributed by atoms with E-state index in [4.69, 9.17) is 5.26 Å². The highest BCUT2D eigenvalue weighted by Gasteiger charge is 2.06. The first-order valence-corrected chi connectivity index (χ1v) is 6.05. The van der Waals surface area contributed by atoms with Crippen LogP contribution in [0.15, 0.2) is 47.4 Å². The van der Waals surface area contributed by atoms with E-state index in [9.17, 15) is 9.59 Å². The summed E-state index contributed by atoms with van der Waals surface area (Å²) in [5.41, 5.74) is 1.71. The highest BCUT2D eigenvalue weighted by Crippen LogP contribution is 2.05. The number of carbonyl (C=O) groups is 1. The average molecular weight is 267 g/mol. The predicted molar refractivity (Wildman–Crippen MR) is 74.4 cm³/mol. The van der Waals surface area contributed by atoms with Crippen molar-refractivity contribution in [3.8, 4) is 6.07 Å². The van der Waals surface area contributed by atoms with Crippen LogP contribution in [0, 0.1) is 11.3 Å². The van der Waals surface area contributed by atoms with Gasteiger partial charge in [0.2, 0.25) is 0 Å². The number of nitriles is 1. The van der Waals surface area contributed by atoms with E-state index in [0.717, 1.165) is 5.56 Å². The molecular formula is C15H13N3O2. The minimum Gasteiger partial charge on any atom is -0.355 e. The van der Waals surface area contributed by atoms with Crippen molar-refractivity contribution in [2.45, 2.75) is 6.54 Å².